The first kappa shape index (κ1) is 11.7. The van der Waals surface area contributed by atoms with Crippen LogP contribution in [0.2, 0.25) is 0 Å². The third-order valence-corrected chi connectivity index (χ3v) is 2.14. The summed E-state index contributed by atoms with van der Waals surface area (Å²) in [5.41, 5.74) is 1.36. The van der Waals surface area contributed by atoms with Crippen LogP contribution in [0.5, 0.6) is 0 Å². The molecule has 1 aromatic rings. The molecule has 2 N–H and O–H groups in total. The smallest absolute Gasteiger partial charge is 0.423 e. The van der Waals surface area contributed by atoms with Crippen LogP contribution in [0.25, 0.3) is 0 Å². The SMILES string of the molecule is C=CC(=O)CCc1cccc(B(O)O)c1. The fraction of sp³-hybridized carbons (Fsp3) is 0.182. The Morgan fingerprint density at radius 2 is 2.20 bits per heavy atom. The molecule has 0 heterocycles. The van der Waals surface area contributed by atoms with Crippen LogP contribution in [0.15, 0.2) is 36.9 Å². The molecule has 0 unspecified atom stereocenters. The molecule has 0 fully saturated rings. The first-order chi connectivity index (χ1) is 7.13. The van der Waals surface area contributed by atoms with Gasteiger partial charge in [0.05, 0.1) is 0 Å². The van der Waals surface area contributed by atoms with Gasteiger partial charge in [-0.25, -0.2) is 0 Å². The van der Waals surface area contributed by atoms with Gasteiger partial charge in [-0.05, 0) is 23.5 Å². The molecule has 15 heavy (non-hydrogen) atoms. The minimum Gasteiger partial charge on any atom is -0.423 e. The van der Waals surface area contributed by atoms with E-state index < -0.39 is 7.12 Å². The molecule has 0 saturated heterocycles. The van der Waals surface area contributed by atoms with E-state index in [0.717, 1.165) is 5.56 Å². The Balaban J connectivity index is 2.65. The molecular formula is C11H13BO3. The molecule has 1 rings (SSSR count). The van der Waals surface area contributed by atoms with Gasteiger partial charge in [0.2, 0.25) is 0 Å². The van der Waals surface area contributed by atoms with E-state index in [2.05, 4.69) is 6.58 Å². The van der Waals surface area contributed by atoms with E-state index in [0.29, 0.717) is 18.3 Å². The molecule has 0 spiro atoms. The van der Waals surface area contributed by atoms with Crippen molar-refractivity contribution in [3.8, 4) is 0 Å². The van der Waals surface area contributed by atoms with Crippen LogP contribution >= 0.6 is 0 Å². The Labute approximate surface area is 89.2 Å². The van der Waals surface area contributed by atoms with E-state index in [-0.39, 0.29) is 5.78 Å². The van der Waals surface area contributed by atoms with E-state index in [1.165, 1.54) is 6.08 Å². The van der Waals surface area contributed by atoms with Gasteiger partial charge in [0.15, 0.2) is 5.78 Å². The third kappa shape index (κ3) is 3.69. The molecule has 1 aromatic carbocycles. The molecule has 0 aliphatic rings. The van der Waals surface area contributed by atoms with Crippen molar-refractivity contribution in [3.63, 3.8) is 0 Å². The molecule has 4 heteroatoms. The Morgan fingerprint density at radius 1 is 1.47 bits per heavy atom. The zero-order valence-electron chi connectivity index (χ0n) is 8.39. The highest BCUT2D eigenvalue weighted by atomic mass is 16.4. The highest BCUT2D eigenvalue weighted by Gasteiger charge is 2.10. The molecular weight excluding hydrogens is 191 g/mol. The van der Waals surface area contributed by atoms with Gasteiger partial charge in [0.25, 0.3) is 0 Å². The van der Waals surface area contributed by atoms with Crippen LogP contribution in [-0.4, -0.2) is 22.9 Å². The average molecular weight is 204 g/mol. The number of rotatable bonds is 5. The summed E-state index contributed by atoms with van der Waals surface area (Å²) in [5.74, 6) is -0.00931. The normalized spacial score (nSPS) is 9.73. The van der Waals surface area contributed by atoms with Crippen molar-refractivity contribution in [2.24, 2.45) is 0 Å². The highest BCUT2D eigenvalue weighted by Crippen LogP contribution is 2.02. The number of carbonyl (C=O) groups excluding carboxylic acids is 1. The van der Waals surface area contributed by atoms with Crippen molar-refractivity contribution in [1.29, 1.82) is 0 Å². The summed E-state index contributed by atoms with van der Waals surface area (Å²) < 4.78 is 0. The van der Waals surface area contributed by atoms with Crippen LogP contribution < -0.4 is 5.46 Å². The predicted octanol–water partition coefficient (Wildman–Crippen LogP) is 0.0541. The van der Waals surface area contributed by atoms with Crippen molar-refractivity contribution in [3.05, 3.63) is 42.5 Å². The lowest BCUT2D eigenvalue weighted by molar-refractivity contribution is -0.114. The zero-order valence-corrected chi connectivity index (χ0v) is 8.39. The van der Waals surface area contributed by atoms with Crippen molar-refractivity contribution in [1.82, 2.24) is 0 Å². The Kier molecular flexibility index (Phi) is 4.27. The van der Waals surface area contributed by atoms with E-state index in [1.807, 2.05) is 6.07 Å². The molecule has 0 atom stereocenters. The summed E-state index contributed by atoms with van der Waals surface area (Å²) in [4.78, 5) is 11.0. The number of aryl methyl sites for hydroxylation is 1. The van der Waals surface area contributed by atoms with Gasteiger partial charge >= 0.3 is 7.12 Å². The lowest BCUT2D eigenvalue weighted by Gasteiger charge is -2.03. The molecule has 0 aliphatic heterocycles. The number of allylic oxidation sites excluding steroid dienone is 1. The van der Waals surface area contributed by atoms with E-state index in [9.17, 15) is 4.79 Å². The van der Waals surface area contributed by atoms with Crippen LogP contribution in [-0.2, 0) is 11.2 Å². The minimum atomic E-state index is -1.46. The molecule has 78 valence electrons. The first-order valence-electron chi connectivity index (χ1n) is 4.73. The topological polar surface area (TPSA) is 57.5 Å². The molecule has 0 aromatic heterocycles. The largest absolute Gasteiger partial charge is 0.488 e. The monoisotopic (exact) mass is 204 g/mol. The quantitative estimate of drug-likeness (QED) is 0.526. The fourth-order valence-corrected chi connectivity index (χ4v) is 1.28. The average Bonchev–Trinajstić information content (AvgIpc) is 2.26. The standard InChI is InChI=1S/C11H13BO3/c1-2-11(13)7-6-9-4-3-5-10(8-9)12(14)15/h2-5,8,14-15H,1,6-7H2. The lowest BCUT2D eigenvalue weighted by atomic mass is 9.79. The molecule has 0 bridgehead atoms. The van der Waals surface area contributed by atoms with Crippen molar-refractivity contribution in [2.45, 2.75) is 12.8 Å². The fourth-order valence-electron chi connectivity index (χ4n) is 1.28. The third-order valence-electron chi connectivity index (χ3n) is 2.14. The van der Waals surface area contributed by atoms with Gasteiger partial charge in [0, 0.05) is 6.42 Å². The second kappa shape index (κ2) is 5.48. The first-order valence-corrected chi connectivity index (χ1v) is 4.73. The zero-order chi connectivity index (χ0) is 11.3. The summed E-state index contributed by atoms with van der Waals surface area (Å²) in [6.45, 7) is 3.39. The summed E-state index contributed by atoms with van der Waals surface area (Å²) in [6, 6.07) is 6.90. The van der Waals surface area contributed by atoms with Crippen molar-refractivity contribution < 1.29 is 14.8 Å². The van der Waals surface area contributed by atoms with Crippen LogP contribution in [0.3, 0.4) is 0 Å². The number of hydrogen-bond acceptors (Lipinski definition) is 3. The predicted molar refractivity (Wildman–Crippen MR) is 59.8 cm³/mol. The number of ketones is 1. The maximum absolute atomic E-state index is 11.0. The van der Waals surface area contributed by atoms with Gasteiger partial charge in [-0.3, -0.25) is 4.79 Å². The number of hydrogen-bond donors (Lipinski definition) is 2. The van der Waals surface area contributed by atoms with Crippen LogP contribution in [0.1, 0.15) is 12.0 Å². The maximum Gasteiger partial charge on any atom is 0.488 e. The molecule has 0 radical (unpaired) electrons. The Hall–Kier alpha value is -1.39. The highest BCUT2D eigenvalue weighted by molar-refractivity contribution is 6.58. The lowest BCUT2D eigenvalue weighted by Crippen LogP contribution is -2.29. The molecule has 0 saturated carbocycles. The van der Waals surface area contributed by atoms with Gasteiger partial charge in [-0.15, -0.1) is 0 Å². The summed E-state index contributed by atoms with van der Waals surface area (Å²) in [5, 5.41) is 17.9. The van der Waals surface area contributed by atoms with Gasteiger partial charge in [-0.1, -0.05) is 30.8 Å². The molecule has 3 nitrogen and oxygen atoms in total. The summed E-state index contributed by atoms with van der Waals surface area (Å²) >= 11 is 0. The van der Waals surface area contributed by atoms with Crippen molar-refractivity contribution >= 4 is 18.4 Å². The van der Waals surface area contributed by atoms with Crippen molar-refractivity contribution in [2.75, 3.05) is 0 Å². The summed E-state index contributed by atoms with van der Waals surface area (Å²) in [6.07, 6.45) is 2.28. The number of benzene rings is 1. The van der Waals surface area contributed by atoms with Crippen LogP contribution in [0, 0.1) is 0 Å². The summed E-state index contributed by atoms with van der Waals surface area (Å²) in [7, 11) is -1.46. The van der Waals surface area contributed by atoms with E-state index in [1.54, 1.807) is 18.2 Å². The minimum absolute atomic E-state index is 0.00931. The Morgan fingerprint density at radius 3 is 2.80 bits per heavy atom. The van der Waals surface area contributed by atoms with E-state index >= 15 is 0 Å². The second-order valence-electron chi connectivity index (χ2n) is 3.29. The Bertz CT molecular complexity index is 361. The van der Waals surface area contributed by atoms with Gasteiger partial charge in [-0.2, -0.15) is 0 Å². The van der Waals surface area contributed by atoms with Crippen LogP contribution in [0.4, 0.5) is 0 Å². The van der Waals surface area contributed by atoms with E-state index in [4.69, 9.17) is 10.0 Å². The van der Waals surface area contributed by atoms with Gasteiger partial charge in [0.1, 0.15) is 0 Å². The molecule has 0 amide bonds. The van der Waals surface area contributed by atoms with Gasteiger partial charge < -0.3 is 10.0 Å². The molecule has 0 aliphatic carbocycles. The number of carbonyl (C=O) groups is 1. The maximum atomic E-state index is 11.0. The second-order valence-corrected chi connectivity index (χ2v) is 3.29.